The molecule has 0 fully saturated rings. The van der Waals surface area contributed by atoms with Crippen molar-refractivity contribution >= 4 is 11.9 Å². The highest BCUT2D eigenvalue weighted by atomic mass is 16.7. The number of aryl methyl sites for hydroxylation is 1. The monoisotopic (exact) mass is 538 g/mol. The Bertz CT molecular complexity index is 1420. The average Bonchev–Trinajstić information content (AvgIpc) is 2.94. The molecular weight excluding hydrogens is 500 g/mol. The molecule has 5 heteroatoms. The largest absolute Gasteiger partial charge is 0.454 e. The van der Waals surface area contributed by atoms with E-state index in [1.807, 2.05) is 49.4 Å². The number of benzene rings is 3. The smallest absolute Gasteiger partial charge is 0.343 e. The van der Waals surface area contributed by atoms with Crippen LogP contribution in [-0.4, -0.2) is 18.2 Å². The first kappa shape index (κ1) is 27.7. The molecule has 0 saturated carbocycles. The first-order valence-electron chi connectivity index (χ1n) is 14.2. The molecule has 0 N–H and O–H groups in total. The van der Waals surface area contributed by atoms with Gasteiger partial charge in [-0.25, -0.2) is 9.59 Å². The van der Waals surface area contributed by atoms with Gasteiger partial charge in [0.2, 0.25) is 6.29 Å². The van der Waals surface area contributed by atoms with Crippen LogP contribution in [0.1, 0.15) is 96.7 Å². The van der Waals surface area contributed by atoms with Gasteiger partial charge in [-0.3, -0.25) is 0 Å². The molecule has 0 saturated heterocycles. The van der Waals surface area contributed by atoms with E-state index in [2.05, 4.69) is 33.8 Å². The second kappa shape index (κ2) is 11.3. The number of ether oxygens (including phenoxy) is 3. The summed E-state index contributed by atoms with van der Waals surface area (Å²) < 4.78 is 18.8. The molecule has 2 aliphatic rings. The van der Waals surface area contributed by atoms with E-state index in [1.165, 1.54) is 5.57 Å². The Hall–Kier alpha value is -3.86. The van der Waals surface area contributed by atoms with Crippen LogP contribution in [0.5, 0.6) is 11.5 Å². The maximum Gasteiger partial charge on any atom is 0.343 e. The highest BCUT2D eigenvalue weighted by molar-refractivity contribution is 5.91. The SMILES string of the molecule is CC(C)=CCC[C@@H]1C(OC(=O)c2ccccc2)Oc2c(C)cc(OC(=O)c3ccccc3)c3c2[C@@]1(C)CC[C@H]3C. The Morgan fingerprint density at radius 1 is 1.00 bits per heavy atom. The number of esters is 2. The van der Waals surface area contributed by atoms with Crippen LogP contribution in [0.3, 0.4) is 0 Å². The summed E-state index contributed by atoms with van der Waals surface area (Å²) in [7, 11) is 0. The molecule has 5 nitrogen and oxygen atoms in total. The normalized spacial score (nSPS) is 22.9. The van der Waals surface area contributed by atoms with Gasteiger partial charge < -0.3 is 14.2 Å². The lowest BCUT2D eigenvalue weighted by Crippen LogP contribution is -2.50. The third kappa shape index (κ3) is 5.30. The van der Waals surface area contributed by atoms with Crippen molar-refractivity contribution in [1.82, 2.24) is 0 Å². The standard InChI is InChI=1S/C35H38O5/c1-22(2)13-12-18-27-34(40-33(37)26-16-10-7-11-17-26)39-31-24(4)21-28(38-32(36)25-14-8-6-9-15-25)29-23(3)19-20-35(27,5)30(29)31/h6-11,13-17,21,23,27,34H,12,18-20H2,1-5H3/t23-,27-,34?,35+/m1/s1. The Morgan fingerprint density at radius 2 is 1.62 bits per heavy atom. The van der Waals surface area contributed by atoms with Crippen LogP contribution in [0.2, 0.25) is 0 Å². The second-order valence-corrected chi connectivity index (χ2v) is 11.6. The molecule has 0 bridgehead atoms. The fourth-order valence-corrected chi connectivity index (χ4v) is 6.32. The van der Waals surface area contributed by atoms with Crippen molar-refractivity contribution in [2.45, 2.75) is 77.9 Å². The molecule has 3 aromatic rings. The summed E-state index contributed by atoms with van der Waals surface area (Å²) in [5.74, 6) is 0.686. The van der Waals surface area contributed by atoms with Crippen molar-refractivity contribution < 1.29 is 23.8 Å². The van der Waals surface area contributed by atoms with E-state index in [1.54, 1.807) is 24.3 Å². The number of carbonyl (C=O) groups is 2. The minimum atomic E-state index is -0.728. The zero-order valence-electron chi connectivity index (χ0n) is 24.0. The maximum atomic E-state index is 13.2. The summed E-state index contributed by atoms with van der Waals surface area (Å²) >= 11 is 0. The van der Waals surface area contributed by atoms with Gasteiger partial charge in [0.1, 0.15) is 11.5 Å². The molecule has 0 amide bonds. The third-order valence-electron chi connectivity index (χ3n) is 8.48. The molecule has 0 radical (unpaired) electrons. The molecule has 1 unspecified atom stereocenters. The van der Waals surface area contributed by atoms with Crippen LogP contribution in [-0.2, 0) is 10.2 Å². The fraction of sp³-hybridized carbons (Fsp3) is 0.371. The Morgan fingerprint density at radius 3 is 2.25 bits per heavy atom. The van der Waals surface area contributed by atoms with Crippen molar-refractivity contribution in [2.24, 2.45) is 5.92 Å². The molecule has 0 spiro atoms. The first-order valence-corrected chi connectivity index (χ1v) is 14.2. The predicted molar refractivity (Wildman–Crippen MR) is 156 cm³/mol. The number of allylic oxidation sites excluding steroid dienone is 2. The van der Waals surface area contributed by atoms with Gasteiger partial charge in [0, 0.05) is 22.5 Å². The molecule has 1 aliphatic heterocycles. The number of rotatable bonds is 7. The summed E-state index contributed by atoms with van der Waals surface area (Å²) in [6, 6.07) is 20.0. The van der Waals surface area contributed by atoms with Crippen LogP contribution in [0, 0.1) is 12.8 Å². The van der Waals surface area contributed by atoms with E-state index >= 15 is 0 Å². The summed E-state index contributed by atoms with van der Waals surface area (Å²) in [5.41, 5.74) is 4.92. The van der Waals surface area contributed by atoms with Gasteiger partial charge in [0.15, 0.2) is 0 Å². The number of hydrogen-bond donors (Lipinski definition) is 0. The van der Waals surface area contributed by atoms with Crippen molar-refractivity contribution in [3.05, 3.63) is 106 Å². The van der Waals surface area contributed by atoms with Crippen molar-refractivity contribution in [3.63, 3.8) is 0 Å². The highest BCUT2D eigenvalue weighted by Crippen LogP contribution is 2.59. The van der Waals surface area contributed by atoms with Crippen LogP contribution in [0.15, 0.2) is 78.4 Å². The van der Waals surface area contributed by atoms with Crippen molar-refractivity contribution in [1.29, 1.82) is 0 Å². The van der Waals surface area contributed by atoms with Gasteiger partial charge in [-0.15, -0.1) is 0 Å². The molecule has 5 rings (SSSR count). The van der Waals surface area contributed by atoms with Gasteiger partial charge in [-0.1, -0.05) is 61.9 Å². The van der Waals surface area contributed by atoms with E-state index in [-0.39, 0.29) is 29.2 Å². The highest BCUT2D eigenvalue weighted by Gasteiger charge is 2.53. The van der Waals surface area contributed by atoms with Crippen LogP contribution < -0.4 is 9.47 Å². The van der Waals surface area contributed by atoms with Crippen LogP contribution in [0.25, 0.3) is 0 Å². The lowest BCUT2D eigenvalue weighted by atomic mass is 9.59. The summed E-state index contributed by atoms with van der Waals surface area (Å²) in [6.45, 7) is 10.6. The molecule has 1 aliphatic carbocycles. The van der Waals surface area contributed by atoms with Crippen molar-refractivity contribution in [2.75, 3.05) is 0 Å². The second-order valence-electron chi connectivity index (χ2n) is 11.6. The summed E-state index contributed by atoms with van der Waals surface area (Å²) in [4.78, 5) is 26.3. The van der Waals surface area contributed by atoms with Gasteiger partial charge >= 0.3 is 11.9 Å². The van der Waals surface area contributed by atoms with E-state index in [9.17, 15) is 9.59 Å². The van der Waals surface area contributed by atoms with Gasteiger partial charge in [-0.2, -0.15) is 0 Å². The molecule has 208 valence electrons. The third-order valence-corrected chi connectivity index (χ3v) is 8.48. The van der Waals surface area contributed by atoms with Crippen LogP contribution in [0.4, 0.5) is 0 Å². The Balaban J connectivity index is 1.58. The quantitative estimate of drug-likeness (QED) is 0.172. The van der Waals surface area contributed by atoms with E-state index < -0.39 is 6.29 Å². The van der Waals surface area contributed by atoms with Gasteiger partial charge in [0.05, 0.1) is 11.1 Å². The summed E-state index contributed by atoms with van der Waals surface area (Å²) in [6.07, 6.45) is 5.01. The topological polar surface area (TPSA) is 61.8 Å². The fourth-order valence-electron chi connectivity index (χ4n) is 6.32. The van der Waals surface area contributed by atoms with E-state index in [0.29, 0.717) is 16.9 Å². The minimum Gasteiger partial charge on any atom is -0.454 e. The van der Waals surface area contributed by atoms with Crippen LogP contribution >= 0.6 is 0 Å². The Labute approximate surface area is 237 Å². The summed E-state index contributed by atoms with van der Waals surface area (Å²) in [5, 5.41) is 0. The zero-order chi connectivity index (χ0) is 28.4. The number of carbonyl (C=O) groups excluding carboxylic acids is 2. The lowest BCUT2D eigenvalue weighted by Gasteiger charge is -2.51. The van der Waals surface area contributed by atoms with Gasteiger partial charge in [-0.05, 0) is 88.3 Å². The molecule has 3 aromatic carbocycles. The molecule has 40 heavy (non-hydrogen) atoms. The van der Waals surface area contributed by atoms with Crippen molar-refractivity contribution in [3.8, 4) is 11.5 Å². The molecular formula is C35H38O5. The lowest BCUT2D eigenvalue weighted by molar-refractivity contribution is -0.117. The first-order chi connectivity index (χ1) is 19.2. The molecule has 4 atom stereocenters. The zero-order valence-corrected chi connectivity index (χ0v) is 24.0. The molecule has 1 heterocycles. The molecule has 0 aromatic heterocycles. The van der Waals surface area contributed by atoms with E-state index in [0.717, 1.165) is 48.1 Å². The Kier molecular flexibility index (Phi) is 7.84. The number of hydrogen-bond acceptors (Lipinski definition) is 5. The predicted octanol–water partition coefficient (Wildman–Crippen LogP) is 8.31. The minimum absolute atomic E-state index is 0.0750. The maximum absolute atomic E-state index is 13.2. The van der Waals surface area contributed by atoms with Gasteiger partial charge in [0.25, 0.3) is 0 Å². The van der Waals surface area contributed by atoms with E-state index in [4.69, 9.17) is 14.2 Å². The average molecular weight is 539 g/mol.